The van der Waals surface area contributed by atoms with E-state index in [4.69, 9.17) is 9.47 Å². The maximum Gasteiger partial charge on any atom is 0.308 e. The highest BCUT2D eigenvalue weighted by Crippen LogP contribution is 2.26. The minimum Gasteiger partial charge on any atom is -0.508 e. The van der Waals surface area contributed by atoms with Crippen molar-refractivity contribution in [2.75, 3.05) is 20.3 Å². The first-order valence-corrected chi connectivity index (χ1v) is 9.64. The molecule has 0 unspecified atom stereocenters. The van der Waals surface area contributed by atoms with Crippen molar-refractivity contribution in [1.82, 2.24) is 10.6 Å². The lowest BCUT2D eigenvalue weighted by atomic mass is 9.86. The highest BCUT2D eigenvalue weighted by molar-refractivity contribution is 5.80. The number of ether oxygens (including phenoxy) is 2. The summed E-state index contributed by atoms with van der Waals surface area (Å²) in [6.45, 7) is 5.37. The molecule has 0 amide bonds. The van der Waals surface area contributed by atoms with E-state index < -0.39 is 0 Å². The van der Waals surface area contributed by atoms with Gasteiger partial charge in [-0.1, -0.05) is 0 Å². The maximum absolute atomic E-state index is 11.9. The van der Waals surface area contributed by atoms with Gasteiger partial charge in [-0.15, -0.1) is 0 Å². The molecule has 1 aromatic rings. The fourth-order valence-corrected chi connectivity index (χ4v) is 3.23. The van der Waals surface area contributed by atoms with Crippen LogP contribution in [0.25, 0.3) is 0 Å². The number of methoxy groups -OCH3 is 1. The smallest absolute Gasteiger partial charge is 0.308 e. The molecule has 2 rings (SSSR count). The molecule has 0 spiro atoms. The standard InChI is InChI=1S/C20H31N3O4/c1-4-21-20(22-13-15-12-17(26-3)10-11-18(15)24)23-16-8-6-14(7-9-16)19(25)27-5-2/h10-12,14,16,24H,4-9,13H2,1-3H3,(H2,21,22,23). The predicted octanol–water partition coefficient (Wildman–Crippen LogP) is 2.58. The normalized spacial score (nSPS) is 20.0. The molecule has 3 N–H and O–H groups in total. The van der Waals surface area contributed by atoms with Gasteiger partial charge in [0, 0.05) is 18.2 Å². The van der Waals surface area contributed by atoms with Crippen molar-refractivity contribution < 1.29 is 19.4 Å². The van der Waals surface area contributed by atoms with Crippen LogP contribution in [0.4, 0.5) is 0 Å². The zero-order chi connectivity index (χ0) is 19.6. The van der Waals surface area contributed by atoms with Crippen molar-refractivity contribution >= 4 is 11.9 Å². The van der Waals surface area contributed by atoms with Crippen LogP contribution in [0.2, 0.25) is 0 Å². The van der Waals surface area contributed by atoms with E-state index in [-0.39, 0.29) is 23.7 Å². The third-order valence-corrected chi connectivity index (χ3v) is 4.73. The molecule has 0 heterocycles. The second-order valence-corrected chi connectivity index (χ2v) is 6.63. The van der Waals surface area contributed by atoms with Crippen molar-refractivity contribution in [3.05, 3.63) is 23.8 Å². The third kappa shape index (κ3) is 6.34. The summed E-state index contributed by atoms with van der Waals surface area (Å²) in [6.07, 6.45) is 3.45. The Morgan fingerprint density at radius 2 is 2.00 bits per heavy atom. The van der Waals surface area contributed by atoms with Gasteiger partial charge in [0.05, 0.1) is 26.2 Å². The molecule has 1 aromatic carbocycles. The number of hydrogen-bond donors (Lipinski definition) is 3. The number of aromatic hydroxyl groups is 1. The van der Waals surface area contributed by atoms with Crippen LogP contribution in [0.3, 0.4) is 0 Å². The quantitative estimate of drug-likeness (QED) is 0.384. The molecule has 7 heteroatoms. The van der Waals surface area contributed by atoms with Gasteiger partial charge in [-0.05, 0) is 57.7 Å². The number of rotatable bonds is 7. The van der Waals surface area contributed by atoms with Crippen LogP contribution in [0, 0.1) is 5.92 Å². The average Bonchev–Trinajstić information content (AvgIpc) is 2.68. The topological polar surface area (TPSA) is 92.2 Å². The number of phenols is 1. The third-order valence-electron chi connectivity index (χ3n) is 4.73. The lowest BCUT2D eigenvalue weighted by Gasteiger charge is -2.29. The highest BCUT2D eigenvalue weighted by Gasteiger charge is 2.27. The van der Waals surface area contributed by atoms with Crippen LogP contribution in [0.1, 0.15) is 45.1 Å². The van der Waals surface area contributed by atoms with Gasteiger partial charge in [0.15, 0.2) is 5.96 Å². The Kier molecular flexibility index (Phi) is 8.23. The van der Waals surface area contributed by atoms with E-state index >= 15 is 0 Å². The second kappa shape index (κ2) is 10.6. The van der Waals surface area contributed by atoms with E-state index in [9.17, 15) is 9.90 Å². The Bertz CT molecular complexity index is 640. The van der Waals surface area contributed by atoms with Crippen molar-refractivity contribution in [1.29, 1.82) is 0 Å². The SMILES string of the molecule is CCNC(=NCc1cc(OC)ccc1O)NC1CCC(C(=O)OCC)CC1. The van der Waals surface area contributed by atoms with E-state index in [0.717, 1.165) is 32.2 Å². The first kappa shape index (κ1) is 20.9. The van der Waals surface area contributed by atoms with Crippen LogP contribution in [-0.2, 0) is 16.1 Å². The molecule has 1 saturated carbocycles. The van der Waals surface area contributed by atoms with Gasteiger partial charge in [-0.25, -0.2) is 4.99 Å². The summed E-state index contributed by atoms with van der Waals surface area (Å²) in [5.74, 6) is 1.53. The fourth-order valence-electron chi connectivity index (χ4n) is 3.23. The van der Waals surface area contributed by atoms with E-state index in [2.05, 4.69) is 15.6 Å². The summed E-state index contributed by atoms with van der Waals surface area (Å²) in [5, 5.41) is 16.7. The molecule has 1 aliphatic rings. The van der Waals surface area contributed by atoms with E-state index in [1.807, 2.05) is 13.8 Å². The second-order valence-electron chi connectivity index (χ2n) is 6.63. The van der Waals surface area contributed by atoms with E-state index in [1.54, 1.807) is 25.3 Å². The molecule has 0 aromatic heterocycles. The number of esters is 1. The highest BCUT2D eigenvalue weighted by atomic mass is 16.5. The van der Waals surface area contributed by atoms with Gasteiger partial charge in [0.1, 0.15) is 11.5 Å². The van der Waals surface area contributed by atoms with Gasteiger partial charge >= 0.3 is 5.97 Å². The van der Waals surface area contributed by atoms with Gasteiger partial charge < -0.3 is 25.2 Å². The fraction of sp³-hybridized carbons (Fsp3) is 0.600. The Hall–Kier alpha value is -2.44. The number of phenolic OH excluding ortho intramolecular Hbond substituents is 1. The van der Waals surface area contributed by atoms with Crippen molar-refractivity contribution in [2.24, 2.45) is 10.9 Å². The molecule has 7 nitrogen and oxygen atoms in total. The molecule has 27 heavy (non-hydrogen) atoms. The molecule has 0 aliphatic heterocycles. The number of benzene rings is 1. The molecule has 1 fully saturated rings. The summed E-state index contributed by atoms with van der Waals surface area (Å²) in [6, 6.07) is 5.38. The molecular weight excluding hydrogens is 346 g/mol. The number of aliphatic imine (C=N–C) groups is 1. The van der Waals surface area contributed by atoms with Crippen molar-refractivity contribution in [3.8, 4) is 11.5 Å². The molecule has 0 saturated heterocycles. The molecular formula is C20H31N3O4. The first-order valence-electron chi connectivity index (χ1n) is 9.64. The molecule has 0 atom stereocenters. The van der Waals surface area contributed by atoms with Gasteiger partial charge in [0.25, 0.3) is 0 Å². The van der Waals surface area contributed by atoms with Crippen LogP contribution in [0.15, 0.2) is 23.2 Å². The summed E-state index contributed by atoms with van der Waals surface area (Å²) < 4.78 is 10.3. The van der Waals surface area contributed by atoms with Crippen LogP contribution in [0.5, 0.6) is 11.5 Å². The van der Waals surface area contributed by atoms with Crippen LogP contribution in [-0.4, -0.2) is 43.3 Å². The number of carbonyl (C=O) groups excluding carboxylic acids is 1. The Morgan fingerprint density at radius 3 is 2.63 bits per heavy atom. The molecule has 0 radical (unpaired) electrons. The summed E-state index contributed by atoms with van der Waals surface area (Å²) >= 11 is 0. The summed E-state index contributed by atoms with van der Waals surface area (Å²) in [7, 11) is 1.59. The number of carbonyl (C=O) groups is 1. The number of nitrogens with one attached hydrogen (secondary N) is 2. The van der Waals surface area contributed by atoms with Crippen molar-refractivity contribution in [2.45, 2.75) is 52.1 Å². The number of nitrogens with zero attached hydrogens (tertiary/aromatic N) is 1. The Balaban J connectivity index is 1.94. The summed E-state index contributed by atoms with van der Waals surface area (Å²) in [4.78, 5) is 16.4. The number of hydrogen-bond acceptors (Lipinski definition) is 5. The minimum atomic E-state index is -0.0787. The zero-order valence-electron chi connectivity index (χ0n) is 16.5. The Morgan fingerprint density at radius 1 is 1.26 bits per heavy atom. The lowest BCUT2D eigenvalue weighted by molar-refractivity contribution is -0.149. The predicted molar refractivity (Wildman–Crippen MR) is 105 cm³/mol. The lowest BCUT2D eigenvalue weighted by Crippen LogP contribution is -2.45. The van der Waals surface area contributed by atoms with Gasteiger partial charge in [-0.3, -0.25) is 4.79 Å². The molecule has 150 valence electrons. The molecule has 0 bridgehead atoms. The van der Waals surface area contributed by atoms with Gasteiger partial charge in [-0.2, -0.15) is 0 Å². The minimum absolute atomic E-state index is 0.0104. The van der Waals surface area contributed by atoms with Crippen LogP contribution < -0.4 is 15.4 Å². The van der Waals surface area contributed by atoms with E-state index in [0.29, 0.717) is 30.4 Å². The largest absolute Gasteiger partial charge is 0.508 e. The Labute approximate surface area is 161 Å². The zero-order valence-corrected chi connectivity index (χ0v) is 16.5. The first-order chi connectivity index (χ1) is 13.1. The van der Waals surface area contributed by atoms with E-state index in [1.165, 1.54) is 0 Å². The number of guanidine groups is 1. The molecule has 1 aliphatic carbocycles. The van der Waals surface area contributed by atoms with Crippen LogP contribution >= 0.6 is 0 Å². The maximum atomic E-state index is 11.9. The van der Waals surface area contributed by atoms with Gasteiger partial charge in [0.2, 0.25) is 0 Å². The summed E-state index contributed by atoms with van der Waals surface area (Å²) in [5.41, 5.74) is 0.706. The average molecular weight is 377 g/mol. The monoisotopic (exact) mass is 377 g/mol. The van der Waals surface area contributed by atoms with Crippen molar-refractivity contribution in [3.63, 3.8) is 0 Å².